The first-order valence-corrected chi connectivity index (χ1v) is 11.2. The smallest absolute Gasteiger partial charge is 0.263 e. The molecule has 2 aromatic rings. The van der Waals surface area contributed by atoms with Crippen LogP contribution in [0.3, 0.4) is 0 Å². The van der Waals surface area contributed by atoms with Gasteiger partial charge in [-0.1, -0.05) is 25.6 Å². The van der Waals surface area contributed by atoms with Gasteiger partial charge in [0.1, 0.15) is 4.83 Å². The summed E-state index contributed by atoms with van der Waals surface area (Å²) in [7, 11) is 1.62. The molecule has 1 atom stereocenters. The van der Waals surface area contributed by atoms with Crippen molar-refractivity contribution in [2.24, 2.45) is 5.92 Å². The number of carbonyl (C=O) groups excluding carboxylic acids is 1. The highest BCUT2D eigenvalue weighted by Gasteiger charge is 2.23. The number of rotatable bonds is 8. The molecule has 1 amide bonds. The number of amides is 1. The van der Waals surface area contributed by atoms with Crippen molar-refractivity contribution in [2.45, 2.75) is 57.8 Å². The Morgan fingerprint density at radius 3 is 2.85 bits per heavy atom. The molecule has 0 saturated heterocycles. The van der Waals surface area contributed by atoms with Crippen LogP contribution in [0.25, 0.3) is 10.2 Å². The molecular weight excluding hydrogens is 382 g/mol. The second-order valence-corrected chi connectivity index (χ2v) is 9.30. The lowest BCUT2D eigenvalue weighted by Gasteiger charge is -2.17. The number of carbonyl (C=O) groups is 1. The largest absolute Gasteiger partial charge is 0.383 e. The van der Waals surface area contributed by atoms with E-state index in [1.54, 1.807) is 23.0 Å². The minimum absolute atomic E-state index is 0.00472. The Hall–Kier alpha value is -1.38. The lowest BCUT2D eigenvalue weighted by atomic mass is 10.1. The maximum atomic E-state index is 13.1. The number of nitrogens with one attached hydrogen (secondary N) is 1. The lowest BCUT2D eigenvalue weighted by Crippen LogP contribution is -2.37. The Balaban J connectivity index is 1.87. The van der Waals surface area contributed by atoms with Gasteiger partial charge in [0.2, 0.25) is 5.91 Å². The highest BCUT2D eigenvalue weighted by Crippen LogP contribution is 2.35. The summed E-state index contributed by atoms with van der Waals surface area (Å²) in [6.45, 7) is 7.02. The van der Waals surface area contributed by atoms with Gasteiger partial charge >= 0.3 is 0 Å². The molecule has 148 valence electrons. The Labute approximate surface area is 167 Å². The maximum absolute atomic E-state index is 13.1. The van der Waals surface area contributed by atoms with Crippen molar-refractivity contribution < 1.29 is 9.53 Å². The third kappa shape index (κ3) is 4.38. The summed E-state index contributed by atoms with van der Waals surface area (Å²) in [5, 5.41) is 4.36. The van der Waals surface area contributed by atoms with Crippen molar-refractivity contribution >= 4 is 39.2 Å². The molecule has 0 aliphatic heterocycles. The zero-order valence-electron chi connectivity index (χ0n) is 16.3. The molecule has 1 aliphatic carbocycles. The molecule has 1 aliphatic rings. The molecular formula is C19H27N3O3S2. The molecule has 8 heteroatoms. The fourth-order valence-electron chi connectivity index (χ4n) is 3.14. The molecule has 0 bridgehead atoms. The molecule has 1 N–H and O–H groups in total. The monoisotopic (exact) mass is 409 g/mol. The number of ether oxygens (including phenoxy) is 1. The van der Waals surface area contributed by atoms with Gasteiger partial charge in [-0.3, -0.25) is 14.2 Å². The van der Waals surface area contributed by atoms with Crippen molar-refractivity contribution in [1.29, 1.82) is 0 Å². The molecule has 0 radical (unpaired) electrons. The van der Waals surface area contributed by atoms with Gasteiger partial charge < -0.3 is 10.1 Å². The van der Waals surface area contributed by atoms with Crippen LogP contribution < -0.4 is 10.9 Å². The predicted octanol–water partition coefficient (Wildman–Crippen LogP) is 2.85. The minimum atomic E-state index is -0.0393. The topological polar surface area (TPSA) is 73.2 Å². The van der Waals surface area contributed by atoms with Crippen LogP contribution in [0.5, 0.6) is 0 Å². The van der Waals surface area contributed by atoms with Gasteiger partial charge in [-0.2, -0.15) is 0 Å². The Morgan fingerprint density at radius 2 is 2.15 bits per heavy atom. The first-order chi connectivity index (χ1) is 12.9. The zero-order valence-corrected chi connectivity index (χ0v) is 18.0. The van der Waals surface area contributed by atoms with E-state index in [9.17, 15) is 9.59 Å². The van der Waals surface area contributed by atoms with Crippen LogP contribution in [-0.4, -0.2) is 41.0 Å². The van der Waals surface area contributed by atoms with E-state index in [1.807, 2.05) is 6.92 Å². The number of hydrogen-bond acceptors (Lipinski definition) is 6. The molecule has 0 spiro atoms. The van der Waals surface area contributed by atoms with E-state index in [4.69, 9.17) is 9.72 Å². The number of thioether (sulfide) groups is 1. The molecule has 0 fully saturated rings. The van der Waals surface area contributed by atoms with Crippen LogP contribution in [0, 0.1) is 5.92 Å². The predicted molar refractivity (Wildman–Crippen MR) is 111 cm³/mol. The maximum Gasteiger partial charge on any atom is 0.263 e. The highest BCUT2D eigenvalue weighted by atomic mass is 32.2. The van der Waals surface area contributed by atoms with E-state index < -0.39 is 0 Å². The number of hydrogen-bond donors (Lipinski definition) is 1. The third-order valence-corrected chi connectivity index (χ3v) is 7.19. The molecule has 6 nitrogen and oxygen atoms in total. The van der Waals surface area contributed by atoms with E-state index in [1.165, 1.54) is 22.2 Å². The molecule has 0 aromatic carbocycles. The molecule has 3 rings (SSSR count). The van der Waals surface area contributed by atoms with Crippen molar-refractivity contribution in [1.82, 2.24) is 14.9 Å². The van der Waals surface area contributed by atoms with Gasteiger partial charge in [0, 0.05) is 18.0 Å². The Kier molecular flexibility index (Phi) is 6.60. The van der Waals surface area contributed by atoms with E-state index in [-0.39, 0.29) is 23.3 Å². The first kappa shape index (κ1) is 20.4. The summed E-state index contributed by atoms with van der Waals surface area (Å²) >= 11 is 2.95. The molecule has 0 saturated carbocycles. The molecule has 2 aromatic heterocycles. The van der Waals surface area contributed by atoms with Gasteiger partial charge in [0.05, 0.1) is 24.3 Å². The van der Waals surface area contributed by atoms with Crippen molar-refractivity contribution in [3.8, 4) is 0 Å². The van der Waals surface area contributed by atoms with Crippen molar-refractivity contribution in [2.75, 3.05) is 19.5 Å². The van der Waals surface area contributed by atoms with E-state index in [0.717, 1.165) is 29.5 Å². The summed E-state index contributed by atoms with van der Waals surface area (Å²) in [6, 6.07) is 0.115. The van der Waals surface area contributed by atoms with E-state index in [0.29, 0.717) is 24.2 Å². The summed E-state index contributed by atoms with van der Waals surface area (Å²) in [5.41, 5.74) is 1.17. The second-order valence-electron chi connectivity index (χ2n) is 7.27. The van der Waals surface area contributed by atoms with Crippen molar-refractivity contribution in [3.63, 3.8) is 0 Å². The summed E-state index contributed by atoms with van der Waals surface area (Å²) in [4.78, 5) is 32.2. The van der Waals surface area contributed by atoms with Gasteiger partial charge in [-0.15, -0.1) is 11.3 Å². The fourth-order valence-corrected chi connectivity index (χ4v) is 5.28. The second kappa shape index (κ2) is 8.75. The minimum Gasteiger partial charge on any atom is -0.383 e. The van der Waals surface area contributed by atoms with Crippen LogP contribution in [0.15, 0.2) is 9.95 Å². The van der Waals surface area contributed by atoms with Crippen LogP contribution >= 0.6 is 23.1 Å². The number of aromatic nitrogens is 2. The Morgan fingerprint density at radius 1 is 1.37 bits per heavy atom. The highest BCUT2D eigenvalue weighted by molar-refractivity contribution is 7.99. The molecule has 27 heavy (non-hydrogen) atoms. The molecule has 2 heterocycles. The Bertz CT molecular complexity index is 888. The standard InChI is InChI=1S/C19H27N3O3S2/c1-11(2)12(3)20-15(23)10-26-19-21-17-16(13-6-5-7-14(13)27-17)18(24)22(19)8-9-25-4/h11-12H,5-10H2,1-4H3,(H,20,23)/t12-/m1/s1. The SMILES string of the molecule is COCCn1c(SCC(=O)N[C@H](C)C(C)C)nc2sc3c(c2c1=O)CCC3. The number of methoxy groups -OCH3 is 1. The van der Waals surface area contributed by atoms with Crippen LogP contribution in [0.2, 0.25) is 0 Å². The van der Waals surface area contributed by atoms with Crippen LogP contribution in [0.1, 0.15) is 37.6 Å². The number of thiophene rings is 1. The lowest BCUT2D eigenvalue weighted by molar-refractivity contribution is -0.119. The number of fused-ring (bicyclic) bond motifs is 3. The average Bonchev–Trinajstić information content (AvgIpc) is 3.19. The first-order valence-electron chi connectivity index (χ1n) is 9.38. The molecule has 0 unspecified atom stereocenters. The summed E-state index contributed by atoms with van der Waals surface area (Å²) < 4.78 is 6.84. The van der Waals surface area contributed by atoms with Crippen LogP contribution in [0.4, 0.5) is 0 Å². The number of nitrogens with zero attached hydrogens (tertiary/aromatic N) is 2. The normalized spacial score (nSPS) is 14.7. The van der Waals surface area contributed by atoms with Gasteiger partial charge in [0.25, 0.3) is 5.56 Å². The summed E-state index contributed by atoms with van der Waals surface area (Å²) in [5.74, 6) is 0.580. The quantitative estimate of drug-likeness (QED) is 0.536. The third-order valence-electron chi connectivity index (χ3n) is 5.03. The van der Waals surface area contributed by atoms with Gasteiger partial charge in [0.15, 0.2) is 5.16 Å². The zero-order chi connectivity index (χ0) is 19.6. The van der Waals surface area contributed by atoms with E-state index in [2.05, 4.69) is 19.2 Å². The number of aryl methyl sites for hydroxylation is 2. The van der Waals surface area contributed by atoms with Gasteiger partial charge in [-0.25, -0.2) is 4.98 Å². The van der Waals surface area contributed by atoms with Crippen LogP contribution in [-0.2, 0) is 28.9 Å². The van der Waals surface area contributed by atoms with E-state index >= 15 is 0 Å². The summed E-state index contributed by atoms with van der Waals surface area (Å²) in [6.07, 6.45) is 3.10. The average molecular weight is 410 g/mol. The van der Waals surface area contributed by atoms with Gasteiger partial charge in [-0.05, 0) is 37.7 Å². The van der Waals surface area contributed by atoms with Crippen molar-refractivity contribution in [3.05, 3.63) is 20.8 Å². The fraction of sp³-hybridized carbons (Fsp3) is 0.632.